The maximum atomic E-state index is 5.74. The first kappa shape index (κ1) is 12.3. The average molecular weight is 235 g/mol. The number of rotatable bonds is 3. The molecule has 1 atom stereocenters. The Bertz CT molecular complexity index is 389. The Kier molecular flexibility index (Phi) is 3.97. The molecule has 1 aliphatic heterocycles. The topological polar surface area (TPSA) is 53.1 Å². The number of nitrogens with zero attached hydrogens (tertiary/aromatic N) is 2. The highest BCUT2D eigenvalue weighted by atomic mass is 16.5. The summed E-state index contributed by atoms with van der Waals surface area (Å²) in [5, 5.41) is 4.58. The van der Waals surface area contributed by atoms with Gasteiger partial charge in [-0.05, 0) is 19.8 Å². The highest BCUT2D eigenvalue weighted by Gasteiger charge is 2.20. The number of hydrogen-bond acceptors (Lipinski definition) is 3. The molecule has 1 aromatic rings. The predicted octanol–water partition coefficient (Wildman–Crippen LogP) is 1.67. The third kappa shape index (κ3) is 3.17. The van der Waals surface area contributed by atoms with Gasteiger partial charge in [0, 0.05) is 44.0 Å². The largest absolute Gasteiger partial charge is 0.381 e. The van der Waals surface area contributed by atoms with Gasteiger partial charge in [-0.2, -0.15) is 5.10 Å². The van der Waals surface area contributed by atoms with Gasteiger partial charge in [-0.25, -0.2) is 0 Å². The standard InChI is InChI=1S/C13H21N3O/c1-10(14)3-4-12-9-16(2)15-13(12)11-5-7-17-8-6-11/h3-4,9-11H,5-8,14H2,1-2H3/b4-3+. The van der Waals surface area contributed by atoms with Crippen LogP contribution in [0.25, 0.3) is 6.08 Å². The molecule has 1 aliphatic rings. The van der Waals surface area contributed by atoms with Crippen molar-refractivity contribution in [3.05, 3.63) is 23.5 Å². The second kappa shape index (κ2) is 5.47. The lowest BCUT2D eigenvalue weighted by molar-refractivity contribution is 0.0843. The van der Waals surface area contributed by atoms with Gasteiger partial charge in [0.05, 0.1) is 5.69 Å². The van der Waals surface area contributed by atoms with Crippen LogP contribution in [0.15, 0.2) is 12.3 Å². The second-order valence-corrected chi connectivity index (χ2v) is 4.75. The van der Waals surface area contributed by atoms with Crippen LogP contribution in [0.5, 0.6) is 0 Å². The van der Waals surface area contributed by atoms with Crippen molar-refractivity contribution >= 4 is 6.08 Å². The zero-order valence-electron chi connectivity index (χ0n) is 10.6. The number of nitrogens with two attached hydrogens (primary N) is 1. The fourth-order valence-corrected chi connectivity index (χ4v) is 2.20. The van der Waals surface area contributed by atoms with Gasteiger partial charge in [-0.1, -0.05) is 12.2 Å². The molecule has 2 heterocycles. The average Bonchev–Trinajstić information content (AvgIpc) is 2.69. The van der Waals surface area contributed by atoms with Gasteiger partial charge in [0.25, 0.3) is 0 Å². The Morgan fingerprint density at radius 3 is 2.88 bits per heavy atom. The Labute approximate surface area is 102 Å². The van der Waals surface area contributed by atoms with Crippen LogP contribution >= 0.6 is 0 Å². The van der Waals surface area contributed by atoms with E-state index in [0.717, 1.165) is 26.1 Å². The minimum absolute atomic E-state index is 0.0812. The molecule has 0 bridgehead atoms. The zero-order valence-corrected chi connectivity index (χ0v) is 10.6. The van der Waals surface area contributed by atoms with E-state index in [0.29, 0.717) is 5.92 Å². The van der Waals surface area contributed by atoms with E-state index in [1.54, 1.807) is 0 Å². The Hall–Kier alpha value is -1.13. The highest BCUT2D eigenvalue weighted by Crippen LogP contribution is 2.28. The van der Waals surface area contributed by atoms with Crippen LogP contribution in [-0.4, -0.2) is 29.0 Å². The molecule has 4 heteroatoms. The van der Waals surface area contributed by atoms with E-state index < -0.39 is 0 Å². The Morgan fingerprint density at radius 2 is 2.24 bits per heavy atom. The summed E-state index contributed by atoms with van der Waals surface area (Å²) >= 11 is 0. The molecular weight excluding hydrogens is 214 g/mol. The fraction of sp³-hybridized carbons (Fsp3) is 0.615. The number of aromatic nitrogens is 2. The molecule has 0 saturated carbocycles. The lowest BCUT2D eigenvalue weighted by Gasteiger charge is -2.20. The van der Waals surface area contributed by atoms with E-state index in [1.807, 2.05) is 24.7 Å². The number of ether oxygens (including phenoxy) is 1. The molecule has 0 aliphatic carbocycles. The van der Waals surface area contributed by atoms with Crippen LogP contribution in [0.3, 0.4) is 0 Å². The molecule has 4 nitrogen and oxygen atoms in total. The fourth-order valence-electron chi connectivity index (χ4n) is 2.20. The van der Waals surface area contributed by atoms with Gasteiger partial charge in [0.1, 0.15) is 0 Å². The van der Waals surface area contributed by atoms with Crippen LogP contribution in [0.1, 0.15) is 36.9 Å². The van der Waals surface area contributed by atoms with E-state index in [2.05, 4.69) is 17.4 Å². The first-order valence-electron chi connectivity index (χ1n) is 6.22. The monoisotopic (exact) mass is 235 g/mol. The van der Waals surface area contributed by atoms with Crippen LogP contribution in [0.4, 0.5) is 0 Å². The minimum Gasteiger partial charge on any atom is -0.381 e. The third-order valence-electron chi connectivity index (χ3n) is 3.07. The van der Waals surface area contributed by atoms with Gasteiger partial charge in [-0.3, -0.25) is 4.68 Å². The van der Waals surface area contributed by atoms with Crippen LogP contribution in [0.2, 0.25) is 0 Å². The van der Waals surface area contributed by atoms with Gasteiger partial charge in [0.15, 0.2) is 0 Å². The van der Waals surface area contributed by atoms with Crippen molar-refractivity contribution in [3.63, 3.8) is 0 Å². The Morgan fingerprint density at radius 1 is 1.53 bits per heavy atom. The SMILES string of the molecule is CC(N)/C=C/c1cn(C)nc1C1CCOCC1. The van der Waals surface area contributed by atoms with E-state index in [1.165, 1.54) is 11.3 Å². The molecule has 94 valence electrons. The maximum Gasteiger partial charge on any atom is 0.0729 e. The molecule has 0 spiro atoms. The zero-order chi connectivity index (χ0) is 12.3. The van der Waals surface area contributed by atoms with E-state index in [4.69, 9.17) is 10.5 Å². The van der Waals surface area contributed by atoms with Crippen molar-refractivity contribution in [1.82, 2.24) is 9.78 Å². The highest BCUT2D eigenvalue weighted by molar-refractivity contribution is 5.52. The Balaban J connectivity index is 2.20. The summed E-state index contributed by atoms with van der Waals surface area (Å²) in [5.74, 6) is 0.526. The molecule has 1 fully saturated rings. The quantitative estimate of drug-likeness (QED) is 0.867. The normalized spacial score (nSPS) is 19.9. The second-order valence-electron chi connectivity index (χ2n) is 4.75. The smallest absolute Gasteiger partial charge is 0.0729 e. The summed E-state index contributed by atoms with van der Waals surface area (Å²) < 4.78 is 7.27. The summed E-state index contributed by atoms with van der Waals surface area (Å²) in [6, 6.07) is 0.0812. The van der Waals surface area contributed by atoms with Gasteiger partial charge in [-0.15, -0.1) is 0 Å². The molecule has 1 saturated heterocycles. The van der Waals surface area contributed by atoms with Crippen LogP contribution in [-0.2, 0) is 11.8 Å². The van der Waals surface area contributed by atoms with Crippen molar-refractivity contribution in [2.45, 2.75) is 31.7 Å². The minimum atomic E-state index is 0.0812. The molecule has 0 amide bonds. The number of aryl methyl sites for hydroxylation is 1. The summed E-state index contributed by atoms with van der Waals surface area (Å²) in [6.45, 7) is 3.66. The molecule has 2 rings (SSSR count). The van der Waals surface area contributed by atoms with Crippen molar-refractivity contribution in [1.29, 1.82) is 0 Å². The van der Waals surface area contributed by atoms with Gasteiger partial charge >= 0.3 is 0 Å². The first-order valence-corrected chi connectivity index (χ1v) is 6.22. The molecule has 0 radical (unpaired) electrons. The molecular formula is C13H21N3O. The molecule has 17 heavy (non-hydrogen) atoms. The van der Waals surface area contributed by atoms with Gasteiger partial charge < -0.3 is 10.5 Å². The van der Waals surface area contributed by atoms with Crippen molar-refractivity contribution < 1.29 is 4.74 Å². The molecule has 2 N–H and O–H groups in total. The lowest BCUT2D eigenvalue weighted by Crippen LogP contribution is -2.15. The summed E-state index contributed by atoms with van der Waals surface area (Å²) in [5.41, 5.74) is 8.12. The van der Waals surface area contributed by atoms with Crippen molar-refractivity contribution in [2.75, 3.05) is 13.2 Å². The third-order valence-corrected chi connectivity index (χ3v) is 3.07. The van der Waals surface area contributed by atoms with E-state index in [9.17, 15) is 0 Å². The first-order chi connectivity index (χ1) is 8.16. The lowest BCUT2D eigenvalue weighted by atomic mass is 9.94. The predicted molar refractivity (Wildman–Crippen MR) is 68.7 cm³/mol. The van der Waals surface area contributed by atoms with Crippen molar-refractivity contribution in [3.8, 4) is 0 Å². The van der Waals surface area contributed by atoms with E-state index >= 15 is 0 Å². The maximum absolute atomic E-state index is 5.74. The summed E-state index contributed by atoms with van der Waals surface area (Å²) in [6.07, 6.45) is 8.29. The molecule has 0 aromatic carbocycles. The molecule has 1 aromatic heterocycles. The molecule has 1 unspecified atom stereocenters. The summed E-state index contributed by atoms with van der Waals surface area (Å²) in [7, 11) is 1.96. The van der Waals surface area contributed by atoms with E-state index in [-0.39, 0.29) is 6.04 Å². The van der Waals surface area contributed by atoms with Crippen molar-refractivity contribution in [2.24, 2.45) is 12.8 Å². The van der Waals surface area contributed by atoms with Crippen LogP contribution < -0.4 is 5.73 Å². The number of hydrogen-bond donors (Lipinski definition) is 1. The van der Waals surface area contributed by atoms with Gasteiger partial charge in [0.2, 0.25) is 0 Å². The summed E-state index contributed by atoms with van der Waals surface area (Å²) in [4.78, 5) is 0. The van der Waals surface area contributed by atoms with Crippen LogP contribution in [0, 0.1) is 0 Å².